The molecule has 2 N–H and O–H groups in total. The van der Waals surface area contributed by atoms with Crippen LogP contribution < -0.4 is 24.8 Å². The highest BCUT2D eigenvalue weighted by molar-refractivity contribution is 5.95. The van der Waals surface area contributed by atoms with Crippen LogP contribution in [0, 0.1) is 0 Å². The van der Waals surface area contributed by atoms with Crippen molar-refractivity contribution >= 4 is 5.91 Å². The molecule has 19 heavy (non-hydrogen) atoms. The van der Waals surface area contributed by atoms with E-state index in [-0.39, 0.29) is 11.9 Å². The molecule has 1 fully saturated rings. The van der Waals surface area contributed by atoms with Crippen LogP contribution in [0.2, 0.25) is 0 Å². The monoisotopic (exact) mass is 266 g/mol. The van der Waals surface area contributed by atoms with Gasteiger partial charge in [-0.2, -0.15) is 0 Å². The minimum absolute atomic E-state index is 0.147. The number of hydrogen-bond acceptors (Lipinski definition) is 5. The van der Waals surface area contributed by atoms with E-state index in [1.165, 1.54) is 21.3 Å². The number of rotatable bonds is 5. The Kier molecular flexibility index (Phi) is 4.11. The Bertz CT molecular complexity index is 447. The van der Waals surface area contributed by atoms with Crippen LogP contribution in [0.25, 0.3) is 0 Å². The van der Waals surface area contributed by atoms with Crippen molar-refractivity contribution < 1.29 is 19.0 Å². The molecule has 0 unspecified atom stereocenters. The topological polar surface area (TPSA) is 68.8 Å². The van der Waals surface area contributed by atoms with Gasteiger partial charge in [0.1, 0.15) is 0 Å². The third kappa shape index (κ3) is 2.73. The van der Waals surface area contributed by atoms with Crippen molar-refractivity contribution in [3.63, 3.8) is 0 Å². The molecule has 1 amide bonds. The van der Waals surface area contributed by atoms with E-state index in [2.05, 4.69) is 10.6 Å². The maximum absolute atomic E-state index is 12.1. The predicted molar refractivity (Wildman–Crippen MR) is 70.2 cm³/mol. The van der Waals surface area contributed by atoms with Gasteiger partial charge in [-0.1, -0.05) is 0 Å². The first kappa shape index (κ1) is 13.5. The van der Waals surface area contributed by atoms with Gasteiger partial charge in [-0.25, -0.2) is 0 Å². The molecule has 0 bridgehead atoms. The van der Waals surface area contributed by atoms with Gasteiger partial charge in [-0.05, 0) is 12.1 Å². The molecule has 2 rings (SSSR count). The molecule has 6 nitrogen and oxygen atoms in total. The van der Waals surface area contributed by atoms with Crippen LogP contribution in [0.5, 0.6) is 17.2 Å². The Balaban J connectivity index is 2.26. The third-order valence-corrected chi connectivity index (χ3v) is 3.04. The van der Waals surface area contributed by atoms with Crippen molar-refractivity contribution in [1.29, 1.82) is 0 Å². The van der Waals surface area contributed by atoms with Gasteiger partial charge < -0.3 is 24.8 Å². The summed E-state index contributed by atoms with van der Waals surface area (Å²) in [5, 5.41) is 6.02. The standard InChI is InChI=1S/C13H18N2O4/c1-17-10-4-8(5-11(18-2)12(10)19-3)13(16)15-9-6-14-7-9/h4-5,9,14H,6-7H2,1-3H3,(H,15,16). The highest BCUT2D eigenvalue weighted by Gasteiger charge is 2.22. The Morgan fingerprint density at radius 3 is 2.11 bits per heavy atom. The van der Waals surface area contributed by atoms with Crippen molar-refractivity contribution in [2.24, 2.45) is 0 Å². The molecule has 104 valence electrons. The summed E-state index contributed by atoms with van der Waals surface area (Å²) in [5.41, 5.74) is 0.487. The summed E-state index contributed by atoms with van der Waals surface area (Å²) in [7, 11) is 4.57. The summed E-state index contributed by atoms with van der Waals surface area (Å²) >= 11 is 0. The first-order chi connectivity index (χ1) is 9.19. The molecule has 1 aliphatic heterocycles. The summed E-state index contributed by atoms with van der Waals surface area (Å²) < 4.78 is 15.6. The first-order valence-electron chi connectivity index (χ1n) is 6.01. The fraction of sp³-hybridized carbons (Fsp3) is 0.462. The molecule has 1 aromatic rings. The number of methoxy groups -OCH3 is 3. The predicted octanol–water partition coefficient (Wildman–Crippen LogP) is 0.414. The van der Waals surface area contributed by atoms with Crippen LogP contribution in [0.3, 0.4) is 0 Å². The number of nitrogens with one attached hydrogen (secondary N) is 2. The summed E-state index contributed by atoms with van der Waals surface area (Å²) in [6, 6.07) is 3.47. The van der Waals surface area contributed by atoms with E-state index >= 15 is 0 Å². The second-order valence-electron chi connectivity index (χ2n) is 4.24. The molecule has 1 aliphatic rings. The smallest absolute Gasteiger partial charge is 0.251 e. The van der Waals surface area contributed by atoms with E-state index in [9.17, 15) is 4.79 Å². The van der Waals surface area contributed by atoms with Gasteiger partial charge in [0.25, 0.3) is 5.91 Å². The van der Waals surface area contributed by atoms with Crippen molar-refractivity contribution in [2.75, 3.05) is 34.4 Å². The van der Waals surface area contributed by atoms with Gasteiger partial charge in [-0.15, -0.1) is 0 Å². The largest absolute Gasteiger partial charge is 0.493 e. The van der Waals surface area contributed by atoms with Gasteiger partial charge in [-0.3, -0.25) is 4.79 Å². The van der Waals surface area contributed by atoms with Crippen molar-refractivity contribution in [3.8, 4) is 17.2 Å². The molecular weight excluding hydrogens is 248 g/mol. The number of benzene rings is 1. The minimum atomic E-state index is -0.147. The maximum Gasteiger partial charge on any atom is 0.251 e. The summed E-state index contributed by atoms with van der Waals surface area (Å²) in [5.74, 6) is 1.27. The van der Waals surface area contributed by atoms with Gasteiger partial charge in [0.2, 0.25) is 5.75 Å². The third-order valence-electron chi connectivity index (χ3n) is 3.04. The SMILES string of the molecule is COc1cc(C(=O)NC2CNC2)cc(OC)c1OC. The Labute approximate surface area is 112 Å². The summed E-state index contributed by atoms with van der Waals surface area (Å²) in [6.45, 7) is 1.60. The number of ether oxygens (including phenoxy) is 3. The van der Waals surface area contributed by atoms with E-state index < -0.39 is 0 Å². The second-order valence-corrected chi connectivity index (χ2v) is 4.24. The average Bonchev–Trinajstić information content (AvgIpc) is 2.40. The lowest BCUT2D eigenvalue weighted by Crippen LogP contribution is -2.56. The van der Waals surface area contributed by atoms with Crippen molar-refractivity contribution in [3.05, 3.63) is 17.7 Å². The molecule has 1 heterocycles. The van der Waals surface area contributed by atoms with E-state index in [4.69, 9.17) is 14.2 Å². The molecule has 1 saturated heterocycles. The molecule has 0 radical (unpaired) electrons. The number of hydrogen-bond donors (Lipinski definition) is 2. The maximum atomic E-state index is 12.1. The molecule has 6 heteroatoms. The normalized spacial score (nSPS) is 14.5. The minimum Gasteiger partial charge on any atom is -0.493 e. The zero-order chi connectivity index (χ0) is 13.8. The van der Waals surface area contributed by atoms with E-state index in [0.29, 0.717) is 22.8 Å². The highest BCUT2D eigenvalue weighted by Crippen LogP contribution is 2.38. The Morgan fingerprint density at radius 1 is 1.16 bits per heavy atom. The second kappa shape index (κ2) is 5.79. The lowest BCUT2D eigenvalue weighted by atomic mass is 10.1. The average molecular weight is 266 g/mol. The molecule has 0 spiro atoms. The van der Waals surface area contributed by atoms with Crippen molar-refractivity contribution in [2.45, 2.75) is 6.04 Å². The van der Waals surface area contributed by atoms with Crippen LogP contribution in [-0.2, 0) is 0 Å². The van der Waals surface area contributed by atoms with Gasteiger partial charge in [0.05, 0.1) is 27.4 Å². The van der Waals surface area contributed by atoms with Crippen molar-refractivity contribution in [1.82, 2.24) is 10.6 Å². The van der Waals surface area contributed by atoms with Gasteiger partial charge >= 0.3 is 0 Å². The van der Waals surface area contributed by atoms with Crippen LogP contribution in [0.15, 0.2) is 12.1 Å². The van der Waals surface area contributed by atoms with E-state index in [1.807, 2.05) is 0 Å². The number of carbonyl (C=O) groups excluding carboxylic acids is 1. The fourth-order valence-corrected chi connectivity index (χ4v) is 1.87. The lowest BCUT2D eigenvalue weighted by molar-refractivity contribution is 0.0923. The first-order valence-corrected chi connectivity index (χ1v) is 6.01. The fourth-order valence-electron chi connectivity index (χ4n) is 1.87. The van der Waals surface area contributed by atoms with E-state index in [0.717, 1.165) is 13.1 Å². The molecule has 0 aliphatic carbocycles. The summed E-state index contributed by atoms with van der Waals surface area (Å²) in [4.78, 5) is 12.1. The number of carbonyl (C=O) groups is 1. The zero-order valence-corrected chi connectivity index (χ0v) is 11.3. The highest BCUT2D eigenvalue weighted by atomic mass is 16.5. The number of amides is 1. The Hall–Kier alpha value is -1.95. The summed E-state index contributed by atoms with van der Waals surface area (Å²) in [6.07, 6.45) is 0. The molecule has 0 saturated carbocycles. The zero-order valence-electron chi connectivity index (χ0n) is 11.3. The van der Waals surface area contributed by atoms with Crippen LogP contribution in [0.4, 0.5) is 0 Å². The molecular formula is C13H18N2O4. The van der Waals surface area contributed by atoms with Crippen LogP contribution in [0.1, 0.15) is 10.4 Å². The van der Waals surface area contributed by atoms with Gasteiger partial charge in [0, 0.05) is 18.7 Å². The molecule has 1 aromatic carbocycles. The Morgan fingerprint density at radius 2 is 1.74 bits per heavy atom. The quantitative estimate of drug-likeness (QED) is 0.808. The molecule has 0 atom stereocenters. The van der Waals surface area contributed by atoms with E-state index in [1.54, 1.807) is 12.1 Å². The van der Waals surface area contributed by atoms with Crippen LogP contribution >= 0.6 is 0 Å². The lowest BCUT2D eigenvalue weighted by Gasteiger charge is -2.28. The van der Waals surface area contributed by atoms with Gasteiger partial charge in [0.15, 0.2) is 11.5 Å². The molecule has 0 aromatic heterocycles. The van der Waals surface area contributed by atoms with Crippen LogP contribution in [-0.4, -0.2) is 46.4 Å².